The monoisotopic (exact) mass is 427 g/mol. The van der Waals surface area contributed by atoms with Crippen molar-refractivity contribution in [2.24, 2.45) is 0 Å². The molecule has 0 aliphatic heterocycles. The number of alkyl halides is 3. The normalized spacial score (nSPS) is 12.5. The van der Waals surface area contributed by atoms with E-state index in [-0.39, 0.29) is 0 Å². The molecule has 1 unspecified atom stereocenters. The molecule has 1 atom stereocenters. The smallest absolute Gasteiger partial charge is 0.370 e. The van der Waals surface area contributed by atoms with Crippen LogP contribution in [0.4, 0.5) is 28.9 Å². The number of aromatic nitrogens is 1. The van der Waals surface area contributed by atoms with Gasteiger partial charge in [0.25, 0.3) is 5.91 Å². The van der Waals surface area contributed by atoms with Gasteiger partial charge >= 0.3 is 6.18 Å². The average molecular weight is 427 g/mol. The molecule has 158 valence electrons. The van der Waals surface area contributed by atoms with Crippen LogP contribution in [0.15, 0.2) is 79.0 Å². The van der Waals surface area contributed by atoms with Gasteiger partial charge in [0, 0.05) is 22.8 Å². The molecule has 3 aromatic carbocycles. The largest absolute Gasteiger partial charge is 0.416 e. The van der Waals surface area contributed by atoms with E-state index in [4.69, 9.17) is 0 Å². The van der Waals surface area contributed by atoms with Crippen LogP contribution in [-0.2, 0) is 11.0 Å². The number of halogens is 4. The molecule has 0 bridgehead atoms. The molecule has 8 heteroatoms. The zero-order chi connectivity index (χ0) is 22.0. The van der Waals surface area contributed by atoms with Gasteiger partial charge in [-0.25, -0.2) is 4.39 Å². The molecule has 3 N–H and O–H groups in total. The quantitative estimate of drug-likeness (QED) is 0.336. The summed E-state index contributed by atoms with van der Waals surface area (Å²) in [5.41, 5.74) is 1.16. The lowest BCUT2D eigenvalue weighted by atomic mass is 10.0. The SMILES string of the molecule is O=C(Nc1cccc2[nH]ccc12)C(Nc1cccc(F)c1)c1ccc(C(F)(F)F)cc1. The van der Waals surface area contributed by atoms with Gasteiger partial charge in [0.15, 0.2) is 0 Å². The van der Waals surface area contributed by atoms with E-state index < -0.39 is 29.5 Å². The number of H-pyrrole nitrogens is 1. The highest BCUT2D eigenvalue weighted by Gasteiger charge is 2.31. The third-order valence-corrected chi connectivity index (χ3v) is 4.82. The molecular formula is C23H17F4N3O. The van der Waals surface area contributed by atoms with E-state index in [0.29, 0.717) is 16.9 Å². The number of aromatic amines is 1. The van der Waals surface area contributed by atoms with Crippen molar-refractivity contribution in [2.45, 2.75) is 12.2 Å². The molecule has 0 spiro atoms. The maximum absolute atomic E-state index is 13.6. The van der Waals surface area contributed by atoms with Crippen LogP contribution in [0, 0.1) is 5.82 Å². The predicted molar refractivity (Wildman–Crippen MR) is 111 cm³/mol. The van der Waals surface area contributed by atoms with E-state index in [1.165, 1.54) is 30.3 Å². The van der Waals surface area contributed by atoms with Gasteiger partial charge in [-0.3, -0.25) is 4.79 Å². The molecule has 1 amide bonds. The van der Waals surface area contributed by atoms with Gasteiger partial charge in [-0.1, -0.05) is 24.3 Å². The van der Waals surface area contributed by atoms with Crippen LogP contribution >= 0.6 is 0 Å². The van der Waals surface area contributed by atoms with Gasteiger partial charge in [0.2, 0.25) is 0 Å². The summed E-state index contributed by atoms with van der Waals surface area (Å²) in [4.78, 5) is 16.2. The van der Waals surface area contributed by atoms with Crippen LogP contribution in [-0.4, -0.2) is 10.9 Å². The van der Waals surface area contributed by atoms with Crippen LogP contribution in [0.25, 0.3) is 10.9 Å². The van der Waals surface area contributed by atoms with Gasteiger partial charge in [0.1, 0.15) is 11.9 Å². The number of rotatable bonds is 5. The third-order valence-electron chi connectivity index (χ3n) is 4.82. The van der Waals surface area contributed by atoms with Crippen molar-refractivity contribution < 1.29 is 22.4 Å². The van der Waals surface area contributed by atoms with Gasteiger partial charge in [-0.05, 0) is 54.1 Å². The highest BCUT2D eigenvalue weighted by atomic mass is 19.4. The number of hydrogen-bond donors (Lipinski definition) is 3. The predicted octanol–water partition coefficient (Wildman–Crippen LogP) is 6.12. The Morgan fingerprint density at radius 3 is 2.39 bits per heavy atom. The molecule has 31 heavy (non-hydrogen) atoms. The van der Waals surface area contributed by atoms with Crippen molar-refractivity contribution in [1.29, 1.82) is 0 Å². The third kappa shape index (κ3) is 4.53. The first-order valence-electron chi connectivity index (χ1n) is 9.37. The fraction of sp³-hybridized carbons (Fsp3) is 0.0870. The molecule has 4 rings (SSSR count). The van der Waals surface area contributed by atoms with Crippen molar-refractivity contribution in [2.75, 3.05) is 10.6 Å². The van der Waals surface area contributed by atoms with Crippen LogP contribution in [0.1, 0.15) is 17.2 Å². The summed E-state index contributed by atoms with van der Waals surface area (Å²) in [5.74, 6) is -1.01. The molecular weight excluding hydrogens is 410 g/mol. The average Bonchev–Trinajstić information content (AvgIpc) is 3.21. The minimum absolute atomic E-state index is 0.302. The van der Waals surface area contributed by atoms with E-state index >= 15 is 0 Å². The number of benzene rings is 3. The van der Waals surface area contributed by atoms with Crippen molar-refractivity contribution >= 4 is 28.2 Å². The lowest BCUT2D eigenvalue weighted by molar-refractivity contribution is -0.137. The molecule has 0 fully saturated rings. The second kappa shape index (κ2) is 8.14. The molecule has 4 aromatic rings. The minimum atomic E-state index is -4.49. The Kier molecular flexibility index (Phi) is 5.37. The summed E-state index contributed by atoms with van der Waals surface area (Å²) in [7, 11) is 0. The minimum Gasteiger partial charge on any atom is -0.370 e. The summed E-state index contributed by atoms with van der Waals surface area (Å²) in [6, 6.07) is 15.9. The number of nitrogens with one attached hydrogen (secondary N) is 3. The van der Waals surface area contributed by atoms with Crippen molar-refractivity contribution in [3.63, 3.8) is 0 Å². The second-order valence-corrected chi connectivity index (χ2v) is 6.94. The zero-order valence-corrected chi connectivity index (χ0v) is 16.0. The fourth-order valence-electron chi connectivity index (χ4n) is 3.31. The summed E-state index contributed by atoms with van der Waals surface area (Å²) in [5, 5.41) is 6.51. The molecule has 0 aliphatic carbocycles. The summed E-state index contributed by atoms with van der Waals surface area (Å²) in [6.45, 7) is 0. The molecule has 0 aliphatic rings. The van der Waals surface area contributed by atoms with Gasteiger partial charge in [-0.15, -0.1) is 0 Å². The first-order chi connectivity index (χ1) is 14.8. The van der Waals surface area contributed by atoms with Crippen LogP contribution in [0.5, 0.6) is 0 Å². The Balaban J connectivity index is 1.67. The highest BCUT2D eigenvalue weighted by Crippen LogP contribution is 2.31. The van der Waals surface area contributed by atoms with Crippen molar-refractivity contribution in [3.05, 3.63) is 95.9 Å². The Morgan fingerprint density at radius 2 is 1.68 bits per heavy atom. The van der Waals surface area contributed by atoms with E-state index in [2.05, 4.69) is 15.6 Å². The number of carbonyl (C=O) groups is 1. The van der Waals surface area contributed by atoms with Crippen molar-refractivity contribution in [3.8, 4) is 0 Å². The Labute approximate surface area is 174 Å². The Hall–Kier alpha value is -3.81. The summed E-state index contributed by atoms with van der Waals surface area (Å²) < 4.78 is 52.4. The number of amides is 1. The summed E-state index contributed by atoms with van der Waals surface area (Å²) in [6.07, 6.45) is -2.76. The lowest BCUT2D eigenvalue weighted by Crippen LogP contribution is -2.27. The molecule has 1 heterocycles. The first kappa shape index (κ1) is 20.5. The van der Waals surface area contributed by atoms with Crippen molar-refractivity contribution in [1.82, 2.24) is 4.98 Å². The van der Waals surface area contributed by atoms with Gasteiger partial charge in [0.05, 0.1) is 11.3 Å². The molecule has 0 saturated carbocycles. The fourth-order valence-corrected chi connectivity index (χ4v) is 3.31. The Morgan fingerprint density at radius 1 is 0.935 bits per heavy atom. The summed E-state index contributed by atoms with van der Waals surface area (Å²) >= 11 is 0. The number of anilines is 2. The highest BCUT2D eigenvalue weighted by molar-refractivity contribution is 6.04. The Bertz CT molecular complexity index is 1220. The maximum Gasteiger partial charge on any atom is 0.416 e. The van der Waals surface area contributed by atoms with E-state index in [9.17, 15) is 22.4 Å². The molecule has 1 aromatic heterocycles. The van der Waals surface area contributed by atoms with E-state index in [1.807, 2.05) is 6.07 Å². The molecule has 0 saturated heterocycles. The topological polar surface area (TPSA) is 56.9 Å². The lowest BCUT2D eigenvalue weighted by Gasteiger charge is -2.21. The second-order valence-electron chi connectivity index (χ2n) is 6.94. The van der Waals surface area contributed by atoms with Crippen LogP contribution in [0.3, 0.4) is 0 Å². The maximum atomic E-state index is 13.6. The van der Waals surface area contributed by atoms with E-state index in [1.54, 1.807) is 30.5 Å². The number of fused-ring (bicyclic) bond motifs is 1. The zero-order valence-electron chi connectivity index (χ0n) is 16.0. The van der Waals surface area contributed by atoms with Gasteiger partial charge < -0.3 is 15.6 Å². The van der Waals surface area contributed by atoms with Crippen LogP contribution in [0.2, 0.25) is 0 Å². The first-order valence-corrected chi connectivity index (χ1v) is 9.37. The number of hydrogen-bond acceptors (Lipinski definition) is 2. The molecule has 4 nitrogen and oxygen atoms in total. The van der Waals surface area contributed by atoms with Gasteiger partial charge in [-0.2, -0.15) is 13.2 Å². The van der Waals surface area contributed by atoms with Crippen LogP contribution < -0.4 is 10.6 Å². The standard InChI is InChI=1S/C23H17F4N3O/c24-16-3-1-4-17(13-16)29-21(14-7-9-15(10-8-14)23(25,26)27)22(31)30-20-6-2-5-19-18(20)11-12-28-19/h1-13,21,28-29H,(H,30,31). The number of carbonyl (C=O) groups excluding carboxylic acids is 1. The molecule has 0 radical (unpaired) electrons. The van der Waals surface area contributed by atoms with E-state index in [0.717, 1.165) is 23.0 Å².